The molecule has 6 nitrogen and oxygen atoms in total. The zero-order valence-corrected chi connectivity index (χ0v) is 15.5. The largest absolute Gasteiger partial charge is 0.439 e. The summed E-state index contributed by atoms with van der Waals surface area (Å²) in [5, 5.41) is 10.3. The summed E-state index contributed by atoms with van der Waals surface area (Å²) in [6.07, 6.45) is 1.52. The minimum Gasteiger partial charge on any atom is -0.439 e. The minimum atomic E-state index is -0.273. The molecule has 0 saturated carbocycles. The van der Waals surface area contributed by atoms with Crippen LogP contribution in [0.25, 0.3) is 0 Å². The van der Waals surface area contributed by atoms with Gasteiger partial charge in [0.2, 0.25) is 5.88 Å². The predicted molar refractivity (Wildman–Crippen MR) is 101 cm³/mol. The van der Waals surface area contributed by atoms with Crippen LogP contribution in [0.5, 0.6) is 11.6 Å². The average molecular weight is 371 g/mol. The molecule has 2 heterocycles. The molecule has 134 valence electrons. The van der Waals surface area contributed by atoms with E-state index in [9.17, 15) is 4.79 Å². The number of hydrogen-bond acceptors (Lipinski definition) is 4. The lowest BCUT2D eigenvalue weighted by Gasteiger charge is -2.14. The van der Waals surface area contributed by atoms with Crippen molar-refractivity contribution in [3.8, 4) is 11.6 Å². The number of rotatable bonds is 4. The van der Waals surface area contributed by atoms with Crippen molar-refractivity contribution in [2.24, 2.45) is 0 Å². The molecule has 0 aliphatic heterocycles. The fraction of sp³-hybridized carbons (Fsp3) is 0.211. The summed E-state index contributed by atoms with van der Waals surface area (Å²) in [5.74, 6) is 0.773. The molecule has 0 saturated heterocycles. The van der Waals surface area contributed by atoms with Gasteiger partial charge in [0.1, 0.15) is 5.75 Å². The van der Waals surface area contributed by atoms with Crippen molar-refractivity contribution in [3.05, 3.63) is 65.1 Å². The first-order chi connectivity index (χ1) is 12.3. The minimum absolute atomic E-state index is 0.0970. The number of hydrogen-bond donors (Lipinski definition) is 2. The molecule has 3 aromatic rings. The third-order valence-corrected chi connectivity index (χ3v) is 3.88. The van der Waals surface area contributed by atoms with E-state index in [1.807, 2.05) is 0 Å². The molecule has 1 aromatic carbocycles. The van der Waals surface area contributed by atoms with Crippen LogP contribution in [0.2, 0.25) is 5.02 Å². The molecule has 0 atom stereocenters. The van der Waals surface area contributed by atoms with E-state index < -0.39 is 0 Å². The first kappa shape index (κ1) is 17.9. The van der Waals surface area contributed by atoms with E-state index in [0.29, 0.717) is 28.0 Å². The van der Waals surface area contributed by atoms with Crippen molar-refractivity contribution in [2.45, 2.75) is 26.2 Å². The Hall–Kier alpha value is -2.86. The van der Waals surface area contributed by atoms with Gasteiger partial charge in [-0.3, -0.25) is 9.89 Å². The molecule has 0 bridgehead atoms. The predicted octanol–water partition coefficient (Wildman–Crippen LogP) is 4.80. The van der Waals surface area contributed by atoms with Gasteiger partial charge in [0.25, 0.3) is 5.91 Å². The van der Waals surface area contributed by atoms with Crippen LogP contribution in [0.1, 0.15) is 37.0 Å². The van der Waals surface area contributed by atoms with E-state index in [4.69, 9.17) is 16.3 Å². The lowest BCUT2D eigenvalue weighted by molar-refractivity contribution is 0.102. The fourth-order valence-corrected chi connectivity index (χ4v) is 2.28. The lowest BCUT2D eigenvalue weighted by Crippen LogP contribution is -2.13. The Bertz CT molecular complexity index is 897. The highest BCUT2D eigenvalue weighted by atomic mass is 35.5. The Morgan fingerprint density at radius 1 is 1.15 bits per heavy atom. The lowest BCUT2D eigenvalue weighted by atomic mass is 9.92. The Morgan fingerprint density at radius 2 is 1.88 bits per heavy atom. The molecule has 0 aliphatic carbocycles. The van der Waals surface area contributed by atoms with E-state index >= 15 is 0 Å². The van der Waals surface area contributed by atoms with Gasteiger partial charge in [-0.15, -0.1) is 0 Å². The standard InChI is InChI=1S/C19H19ClN4O2/c1-19(2,3)16-10-15(23-24-16)18(25)22-13-5-7-14(8-6-13)26-17-9-4-12(20)11-21-17/h4-11H,1-3H3,(H,22,25)(H,23,24). The zero-order chi connectivity index (χ0) is 18.7. The Labute approximate surface area is 156 Å². The molecular formula is C19H19ClN4O2. The molecular weight excluding hydrogens is 352 g/mol. The number of anilines is 1. The van der Waals surface area contributed by atoms with Gasteiger partial charge in [-0.05, 0) is 36.4 Å². The average Bonchev–Trinajstić information content (AvgIpc) is 3.09. The smallest absolute Gasteiger partial charge is 0.276 e. The number of nitrogens with zero attached hydrogens (tertiary/aromatic N) is 2. The van der Waals surface area contributed by atoms with Gasteiger partial charge in [-0.2, -0.15) is 5.10 Å². The van der Waals surface area contributed by atoms with Crippen LogP contribution in [0.4, 0.5) is 5.69 Å². The van der Waals surface area contributed by atoms with Crippen LogP contribution >= 0.6 is 11.6 Å². The number of ether oxygens (including phenoxy) is 1. The maximum Gasteiger partial charge on any atom is 0.276 e. The van der Waals surface area contributed by atoms with Crippen LogP contribution in [0.3, 0.4) is 0 Å². The first-order valence-corrected chi connectivity index (χ1v) is 8.46. The SMILES string of the molecule is CC(C)(C)c1cc(C(=O)Nc2ccc(Oc3ccc(Cl)cn3)cc2)n[nH]1. The van der Waals surface area contributed by atoms with Crippen molar-refractivity contribution in [1.82, 2.24) is 15.2 Å². The number of benzene rings is 1. The van der Waals surface area contributed by atoms with Gasteiger partial charge in [-0.25, -0.2) is 4.98 Å². The molecule has 0 radical (unpaired) electrons. The number of amides is 1. The number of aromatic amines is 1. The van der Waals surface area contributed by atoms with Gasteiger partial charge in [0, 0.05) is 29.1 Å². The molecule has 0 unspecified atom stereocenters. The molecule has 2 N–H and O–H groups in total. The number of halogens is 1. The summed E-state index contributed by atoms with van der Waals surface area (Å²) in [4.78, 5) is 16.4. The molecule has 7 heteroatoms. The quantitative estimate of drug-likeness (QED) is 0.691. The summed E-state index contributed by atoms with van der Waals surface area (Å²) in [6.45, 7) is 6.16. The van der Waals surface area contributed by atoms with Crippen LogP contribution < -0.4 is 10.1 Å². The van der Waals surface area contributed by atoms with E-state index in [2.05, 4.69) is 41.3 Å². The van der Waals surface area contributed by atoms with Crippen molar-refractivity contribution in [3.63, 3.8) is 0 Å². The van der Waals surface area contributed by atoms with Gasteiger partial charge in [-0.1, -0.05) is 32.4 Å². The van der Waals surface area contributed by atoms with E-state index in [1.54, 1.807) is 42.5 Å². The topological polar surface area (TPSA) is 79.9 Å². The number of nitrogens with one attached hydrogen (secondary N) is 2. The monoisotopic (exact) mass is 370 g/mol. The molecule has 2 aromatic heterocycles. The van der Waals surface area contributed by atoms with Crippen molar-refractivity contribution >= 4 is 23.2 Å². The molecule has 26 heavy (non-hydrogen) atoms. The van der Waals surface area contributed by atoms with Crippen molar-refractivity contribution < 1.29 is 9.53 Å². The molecule has 3 rings (SSSR count). The second-order valence-electron chi connectivity index (χ2n) is 6.81. The zero-order valence-electron chi connectivity index (χ0n) is 14.7. The Kier molecular flexibility index (Phi) is 4.95. The summed E-state index contributed by atoms with van der Waals surface area (Å²) in [5.41, 5.74) is 1.80. The second kappa shape index (κ2) is 7.17. The first-order valence-electron chi connectivity index (χ1n) is 8.08. The number of carbonyl (C=O) groups excluding carboxylic acids is 1. The third-order valence-electron chi connectivity index (χ3n) is 3.65. The molecule has 1 amide bonds. The van der Waals surface area contributed by atoms with Gasteiger partial charge in [0.05, 0.1) is 5.02 Å². The maximum atomic E-state index is 12.3. The normalized spacial score (nSPS) is 11.2. The summed E-state index contributed by atoms with van der Waals surface area (Å²) >= 11 is 5.80. The second-order valence-corrected chi connectivity index (χ2v) is 7.25. The summed E-state index contributed by atoms with van der Waals surface area (Å²) in [6, 6.07) is 12.1. The highest BCUT2D eigenvalue weighted by Gasteiger charge is 2.19. The van der Waals surface area contributed by atoms with E-state index in [-0.39, 0.29) is 11.3 Å². The van der Waals surface area contributed by atoms with Crippen LogP contribution in [-0.4, -0.2) is 21.1 Å². The van der Waals surface area contributed by atoms with E-state index in [0.717, 1.165) is 5.69 Å². The number of pyridine rings is 1. The van der Waals surface area contributed by atoms with Crippen LogP contribution in [0.15, 0.2) is 48.7 Å². The summed E-state index contributed by atoms with van der Waals surface area (Å²) in [7, 11) is 0. The van der Waals surface area contributed by atoms with Crippen molar-refractivity contribution in [1.29, 1.82) is 0 Å². The third kappa shape index (κ3) is 4.40. The molecule has 0 spiro atoms. The molecule has 0 aliphatic rings. The highest BCUT2D eigenvalue weighted by molar-refractivity contribution is 6.30. The molecule has 0 fully saturated rings. The fourth-order valence-electron chi connectivity index (χ4n) is 2.17. The van der Waals surface area contributed by atoms with Gasteiger partial charge in [0.15, 0.2) is 5.69 Å². The number of carbonyl (C=O) groups is 1. The van der Waals surface area contributed by atoms with Crippen molar-refractivity contribution in [2.75, 3.05) is 5.32 Å². The van der Waals surface area contributed by atoms with Gasteiger partial charge < -0.3 is 10.1 Å². The van der Waals surface area contributed by atoms with Gasteiger partial charge >= 0.3 is 0 Å². The van der Waals surface area contributed by atoms with Crippen LogP contribution in [0, 0.1) is 0 Å². The summed E-state index contributed by atoms with van der Waals surface area (Å²) < 4.78 is 5.62. The number of H-pyrrole nitrogens is 1. The van der Waals surface area contributed by atoms with Crippen LogP contribution in [-0.2, 0) is 5.41 Å². The highest BCUT2D eigenvalue weighted by Crippen LogP contribution is 2.23. The Morgan fingerprint density at radius 3 is 2.46 bits per heavy atom. The maximum absolute atomic E-state index is 12.3. The number of aromatic nitrogens is 3. The van der Waals surface area contributed by atoms with E-state index in [1.165, 1.54) is 6.20 Å². The Balaban J connectivity index is 1.64.